The van der Waals surface area contributed by atoms with Gasteiger partial charge in [-0.1, -0.05) is 26.7 Å². The Kier molecular flexibility index (Phi) is 8.68. The van der Waals surface area contributed by atoms with Gasteiger partial charge in [0.15, 0.2) is 0 Å². The third kappa shape index (κ3) is 10.1. The second-order valence-corrected chi connectivity index (χ2v) is 5.10. The summed E-state index contributed by atoms with van der Waals surface area (Å²) >= 11 is 0. The highest BCUT2D eigenvalue weighted by Crippen LogP contribution is 1.92. The van der Waals surface area contributed by atoms with Crippen LogP contribution in [0, 0.1) is 0 Å². The minimum Gasteiger partial charge on any atom is -0.449 e. The van der Waals surface area contributed by atoms with E-state index in [1.165, 1.54) is 9.44 Å². The topological polar surface area (TPSA) is 111 Å². The van der Waals surface area contributed by atoms with Gasteiger partial charge in [0.25, 0.3) is 0 Å². The first-order chi connectivity index (χ1) is 8.91. The Morgan fingerprint density at radius 1 is 0.895 bits per heavy atom. The second-order valence-electron chi connectivity index (χ2n) is 3.69. The average Bonchev–Trinajstić information content (AvgIpc) is 2.28. The number of carbonyl (C=O) groups excluding carboxylic acids is 2. The molecule has 19 heavy (non-hydrogen) atoms. The van der Waals surface area contributed by atoms with Gasteiger partial charge in [-0.3, -0.25) is 0 Å². The Labute approximate surface area is 113 Å². The third-order valence-electron chi connectivity index (χ3n) is 1.90. The molecule has 9 heteroatoms. The van der Waals surface area contributed by atoms with Crippen LogP contribution in [-0.2, 0) is 19.7 Å². The fraction of sp³-hybridized carbons (Fsp3) is 0.800. The van der Waals surface area contributed by atoms with E-state index in [0.717, 1.165) is 12.8 Å². The van der Waals surface area contributed by atoms with Gasteiger partial charge >= 0.3 is 22.4 Å². The molecule has 0 rings (SSSR count). The highest BCUT2D eigenvalue weighted by molar-refractivity contribution is 7.88. The lowest BCUT2D eigenvalue weighted by atomic mass is 10.4. The van der Waals surface area contributed by atoms with Crippen LogP contribution in [-0.4, -0.2) is 33.8 Å². The van der Waals surface area contributed by atoms with Crippen molar-refractivity contribution in [3.05, 3.63) is 0 Å². The lowest BCUT2D eigenvalue weighted by molar-refractivity contribution is 0.149. The van der Waals surface area contributed by atoms with Gasteiger partial charge < -0.3 is 9.47 Å². The molecule has 112 valence electrons. The average molecular weight is 296 g/mol. The zero-order valence-corrected chi connectivity index (χ0v) is 11.9. The van der Waals surface area contributed by atoms with Gasteiger partial charge in [0.05, 0.1) is 13.2 Å². The molecule has 0 aliphatic rings. The van der Waals surface area contributed by atoms with Crippen molar-refractivity contribution in [2.24, 2.45) is 0 Å². The van der Waals surface area contributed by atoms with Crippen LogP contribution in [0.5, 0.6) is 0 Å². The second kappa shape index (κ2) is 9.42. The zero-order chi connectivity index (χ0) is 14.7. The Hall–Kier alpha value is -1.51. The van der Waals surface area contributed by atoms with Crippen molar-refractivity contribution in [2.75, 3.05) is 13.2 Å². The molecule has 0 aromatic rings. The summed E-state index contributed by atoms with van der Waals surface area (Å²) in [7, 11) is -4.30. The van der Waals surface area contributed by atoms with E-state index in [-0.39, 0.29) is 13.2 Å². The Bertz CT molecular complexity index is 351. The first kappa shape index (κ1) is 17.5. The zero-order valence-electron chi connectivity index (χ0n) is 11.1. The number of ether oxygens (including phenoxy) is 2. The standard InChI is InChI=1S/C10H20N2O6S/c1-3-5-7-17-9(13)11-19(15,16)12-10(14)18-8-6-4-2/h3-8H2,1-2H3,(H,11,13)(H,12,14). The van der Waals surface area contributed by atoms with Crippen LogP contribution in [0.1, 0.15) is 39.5 Å². The smallest absolute Gasteiger partial charge is 0.422 e. The summed E-state index contributed by atoms with van der Waals surface area (Å²) in [6, 6.07) is 0. The normalized spacial score (nSPS) is 10.6. The first-order valence-corrected chi connectivity index (χ1v) is 7.53. The van der Waals surface area contributed by atoms with Crippen molar-refractivity contribution in [1.82, 2.24) is 9.44 Å². The molecule has 2 amide bonds. The summed E-state index contributed by atoms with van der Waals surface area (Å²) in [4.78, 5) is 22.1. The molecule has 0 atom stereocenters. The van der Waals surface area contributed by atoms with Crippen molar-refractivity contribution in [3.8, 4) is 0 Å². The van der Waals surface area contributed by atoms with Crippen LogP contribution >= 0.6 is 0 Å². The van der Waals surface area contributed by atoms with E-state index in [4.69, 9.17) is 0 Å². The maximum atomic E-state index is 11.3. The number of hydrogen-bond donors (Lipinski definition) is 2. The fourth-order valence-electron chi connectivity index (χ4n) is 0.922. The van der Waals surface area contributed by atoms with Crippen LogP contribution in [0.15, 0.2) is 0 Å². The molecule has 0 saturated carbocycles. The molecule has 0 aliphatic heterocycles. The number of unbranched alkanes of at least 4 members (excludes halogenated alkanes) is 2. The van der Waals surface area contributed by atoms with E-state index >= 15 is 0 Å². The van der Waals surface area contributed by atoms with Gasteiger partial charge in [0.2, 0.25) is 0 Å². The molecule has 0 heterocycles. The SMILES string of the molecule is CCCCOC(=O)NS(=O)(=O)NC(=O)OCCCC. The number of nitrogens with one attached hydrogen (secondary N) is 2. The van der Waals surface area contributed by atoms with Crippen LogP contribution in [0.3, 0.4) is 0 Å². The van der Waals surface area contributed by atoms with Gasteiger partial charge in [-0.25, -0.2) is 19.0 Å². The lowest BCUT2D eigenvalue weighted by Crippen LogP contribution is -2.43. The van der Waals surface area contributed by atoms with Crippen molar-refractivity contribution in [2.45, 2.75) is 39.5 Å². The molecule has 8 nitrogen and oxygen atoms in total. The minimum atomic E-state index is -4.30. The molecular weight excluding hydrogens is 276 g/mol. The highest BCUT2D eigenvalue weighted by atomic mass is 32.2. The van der Waals surface area contributed by atoms with Crippen LogP contribution in [0.25, 0.3) is 0 Å². The van der Waals surface area contributed by atoms with Gasteiger partial charge in [0.1, 0.15) is 0 Å². The number of rotatable bonds is 8. The van der Waals surface area contributed by atoms with Gasteiger partial charge in [-0.15, -0.1) is 0 Å². The van der Waals surface area contributed by atoms with Crippen LogP contribution in [0.4, 0.5) is 9.59 Å². The molecule has 0 aliphatic carbocycles. The highest BCUT2D eigenvalue weighted by Gasteiger charge is 2.18. The quantitative estimate of drug-likeness (QED) is 0.653. The predicted octanol–water partition coefficient (Wildman–Crippen LogP) is 1.28. The van der Waals surface area contributed by atoms with Crippen molar-refractivity contribution < 1.29 is 27.5 Å². The summed E-state index contributed by atoms with van der Waals surface area (Å²) in [5, 5.41) is 0. The molecule has 0 spiro atoms. The van der Waals surface area contributed by atoms with Gasteiger partial charge in [-0.05, 0) is 12.8 Å². The Morgan fingerprint density at radius 3 is 1.58 bits per heavy atom. The van der Waals surface area contributed by atoms with E-state index in [1.54, 1.807) is 0 Å². The number of amides is 2. The van der Waals surface area contributed by atoms with Crippen molar-refractivity contribution >= 4 is 22.4 Å². The monoisotopic (exact) mass is 296 g/mol. The molecule has 0 unspecified atom stereocenters. The number of carbonyl (C=O) groups is 2. The third-order valence-corrected chi connectivity index (χ3v) is 2.77. The molecule has 0 fully saturated rings. The van der Waals surface area contributed by atoms with Gasteiger partial charge in [-0.2, -0.15) is 8.42 Å². The molecular formula is C10H20N2O6S. The summed E-state index contributed by atoms with van der Waals surface area (Å²) in [5.41, 5.74) is 0. The van der Waals surface area contributed by atoms with E-state index in [1.807, 2.05) is 13.8 Å². The maximum Gasteiger partial charge on any atom is 0.422 e. The van der Waals surface area contributed by atoms with E-state index in [9.17, 15) is 18.0 Å². The largest absolute Gasteiger partial charge is 0.449 e. The van der Waals surface area contributed by atoms with E-state index in [0.29, 0.717) is 12.8 Å². The molecule has 2 N–H and O–H groups in total. The van der Waals surface area contributed by atoms with Crippen molar-refractivity contribution in [3.63, 3.8) is 0 Å². The first-order valence-electron chi connectivity index (χ1n) is 6.05. The molecule has 0 saturated heterocycles. The Balaban J connectivity index is 4.03. The minimum absolute atomic E-state index is 0.110. The molecule has 0 bridgehead atoms. The van der Waals surface area contributed by atoms with Crippen LogP contribution < -0.4 is 9.44 Å². The lowest BCUT2D eigenvalue weighted by Gasteiger charge is -2.09. The summed E-state index contributed by atoms with van der Waals surface area (Å²) in [5.74, 6) is 0. The van der Waals surface area contributed by atoms with Crippen LogP contribution in [0.2, 0.25) is 0 Å². The number of hydrogen-bond acceptors (Lipinski definition) is 6. The molecule has 0 aromatic heterocycles. The van der Waals surface area contributed by atoms with E-state index < -0.39 is 22.4 Å². The fourth-order valence-corrected chi connectivity index (χ4v) is 1.53. The maximum absolute atomic E-state index is 11.3. The van der Waals surface area contributed by atoms with Gasteiger partial charge in [0, 0.05) is 0 Å². The summed E-state index contributed by atoms with van der Waals surface area (Å²) in [6.45, 7) is 4.01. The predicted molar refractivity (Wildman–Crippen MR) is 67.7 cm³/mol. The Morgan fingerprint density at radius 2 is 1.26 bits per heavy atom. The van der Waals surface area contributed by atoms with E-state index in [2.05, 4.69) is 9.47 Å². The summed E-state index contributed by atoms with van der Waals surface area (Å²) < 4.78 is 34.8. The van der Waals surface area contributed by atoms with Crippen molar-refractivity contribution in [1.29, 1.82) is 0 Å². The molecule has 0 aromatic carbocycles. The summed E-state index contributed by atoms with van der Waals surface area (Å²) in [6.07, 6.45) is 0.592. The molecule has 0 radical (unpaired) electrons.